The highest BCUT2D eigenvalue weighted by atomic mass is 14.5. The maximum Gasteiger partial charge on any atom is 0.00923 e. The lowest BCUT2D eigenvalue weighted by Crippen LogP contribution is -2.40. The summed E-state index contributed by atoms with van der Waals surface area (Å²) in [6, 6.07) is 9.03. The van der Waals surface area contributed by atoms with E-state index in [0.717, 1.165) is 5.92 Å². The van der Waals surface area contributed by atoms with Gasteiger partial charge in [0.05, 0.1) is 0 Å². The lowest BCUT2D eigenvalue weighted by Gasteiger charge is -2.49. The van der Waals surface area contributed by atoms with E-state index in [0.29, 0.717) is 22.7 Å². The molecule has 24 heavy (non-hydrogen) atoms. The maximum atomic E-state index is 2.50. The molecular formula is C24H30. The summed E-state index contributed by atoms with van der Waals surface area (Å²) in [7, 11) is 0. The molecule has 0 spiro atoms. The average molecular weight is 319 g/mol. The van der Waals surface area contributed by atoms with E-state index in [1.165, 1.54) is 31.2 Å². The predicted octanol–water partition coefficient (Wildman–Crippen LogP) is 6.76. The number of hydrogen-bond donors (Lipinski definition) is 0. The molecule has 0 heteroatoms. The Balaban J connectivity index is 1.69. The van der Waals surface area contributed by atoms with E-state index < -0.39 is 0 Å². The summed E-state index contributed by atoms with van der Waals surface area (Å²) < 4.78 is 0. The largest absolute Gasteiger partial charge is 0.0770 e. The third kappa shape index (κ3) is 2.51. The maximum absolute atomic E-state index is 2.50. The molecule has 0 saturated heterocycles. The number of allylic oxidation sites excluding steroid dienone is 5. The molecule has 0 nitrogen and oxygen atoms in total. The molecule has 0 N–H and O–H groups in total. The molecule has 0 amide bonds. The minimum atomic E-state index is 0.369. The van der Waals surface area contributed by atoms with Crippen LogP contribution in [-0.2, 0) is 0 Å². The van der Waals surface area contributed by atoms with E-state index in [4.69, 9.17) is 0 Å². The van der Waals surface area contributed by atoms with E-state index in [-0.39, 0.29) is 0 Å². The highest BCUT2D eigenvalue weighted by Gasteiger charge is 2.48. The summed E-state index contributed by atoms with van der Waals surface area (Å²) in [5.41, 5.74) is 3.80. The van der Waals surface area contributed by atoms with Crippen LogP contribution < -0.4 is 0 Å². The quantitative estimate of drug-likeness (QED) is 0.565. The molecule has 0 radical (unpaired) electrons. The Labute approximate surface area is 147 Å². The van der Waals surface area contributed by atoms with Gasteiger partial charge in [-0.1, -0.05) is 81.5 Å². The Morgan fingerprint density at radius 2 is 1.58 bits per heavy atom. The molecule has 0 bridgehead atoms. The van der Waals surface area contributed by atoms with Crippen molar-refractivity contribution in [1.82, 2.24) is 0 Å². The van der Waals surface area contributed by atoms with Crippen molar-refractivity contribution in [3.8, 4) is 0 Å². The molecule has 1 aromatic rings. The molecule has 1 saturated carbocycles. The lowest BCUT2D eigenvalue weighted by molar-refractivity contribution is 0.0582. The van der Waals surface area contributed by atoms with Crippen molar-refractivity contribution < 1.29 is 0 Å². The molecule has 1 unspecified atom stereocenters. The first kappa shape index (κ1) is 15.9. The molecule has 0 heterocycles. The number of benzene rings is 1. The van der Waals surface area contributed by atoms with Crippen molar-refractivity contribution in [2.75, 3.05) is 0 Å². The standard InChI is InChI=1S/C24H30/c1-23(2,3)19-14-16-24(17-15-19,20-9-5-6-10-20)22-13-12-18-8-4-7-11-21(18)22/h4-13,19-20,22H,14-17H2,1-3H3. The third-order valence-corrected chi connectivity index (χ3v) is 6.97. The van der Waals surface area contributed by atoms with Crippen LogP contribution in [0.1, 0.15) is 63.5 Å². The van der Waals surface area contributed by atoms with Crippen molar-refractivity contribution >= 4 is 6.08 Å². The van der Waals surface area contributed by atoms with Crippen LogP contribution >= 0.6 is 0 Å². The fourth-order valence-electron chi connectivity index (χ4n) is 5.44. The number of rotatable bonds is 2. The zero-order valence-corrected chi connectivity index (χ0v) is 15.3. The summed E-state index contributed by atoms with van der Waals surface area (Å²) in [5, 5.41) is 0. The SMILES string of the molecule is CC(C)(C)C1CCC(C2C=CC=C2)(C2C=Cc3ccccc32)CC1. The first-order valence-corrected chi connectivity index (χ1v) is 9.63. The van der Waals surface area contributed by atoms with Gasteiger partial charge >= 0.3 is 0 Å². The molecule has 1 fully saturated rings. The van der Waals surface area contributed by atoms with Gasteiger partial charge in [0.25, 0.3) is 0 Å². The zero-order chi connectivity index (χ0) is 16.8. The highest BCUT2D eigenvalue weighted by Crippen LogP contribution is 2.59. The minimum absolute atomic E-state index is 0.369. The topological polar surface area (TPSA) is 0 Å². The van der Waals surface area contributed by atoms with Gasteiger partial charge in [-0.15, -0.1) is 0 Å². The number of hydrogen-bond acceptors (Lipinski definition) is 0. The fraction of sp³-hybridized carbons (Fsp3) is 0.500. The van der Waals surface area contributed by atoms with Crippen LogP contribution in [0.25, 0.3) is 6.08 Å². The molecular weight excluding hydrogens is 288 g/mol. The second-order valence-corrected chi connectivity index (χ2v) is 9.13. The van der Waals surface area contributed by atoms with Crippen LogP contribution in [0.15, 0.2) is 54.6 Å². The molecule has 3 aliphatic rings. The first-order chi connectivity index (χ1) is 11.5. The molecule has 0 aromatic heterocycles. The van der Waals surface area contributed by atoms with Crippen LogP contribution in [-0.4, -0.2) is 0 Å². The van der Waals surface area contributed by atoms with Crippen molar-refractivity contribution in [1.29, 1.82) is 0 Å². The van der Waals surface area contributed by atoms with E-state index >= 15 is 0 Å². The van der Waals surface area contributed by atoms with E-state index in [1.807, 2.05) is 0 Å². The van der Waals surface area contributed by atoms with Gasteiger partial charge in [-0.25, -0.2) is 0 Å². The highest BCUT2D eigenvalue weighted by molar-refractivity contribution is 5.63. The van der Waals surface area contributed by atoms with Gasteiger partial charge in [-0.2, -0.15) is 0 Å². The van der Waals surface area contributed by atoms with Gasteiger partial charge in [-0.05, 0) is 53.6 Å². The Kier molecular flexibility index (Phi) is 3.82. The number of fused-ring (bicyclic) bond motifs is 1. The van der Waals surface area contributed by atoms with Gasteiger partial charge in [0.2, 0.25) is 0 Å². The van der Waals surface area contributed by atoms with Gasteiger partial charge in [-0.3, -0.25) is 0 Å². The van der Waals surface area contributed by atoms with E-state index in [9.17, 15) is 0 Å². The van der Waals surface area contributed by atoms with Crippen LogP contribution in [0.3, 0.4) is 0 Å². The molecule has 0 aliphatic heterocycles. The van der Waals surface area contributed by atoms with Crippen LogP contribution in [0.4, 0.5) is 0 Å². The van der Waals surface area contributed by atoms with Crippen molar-refractivity contribution in [2.45, 2.75) is 52.4 Å². The molecule has 1 aromatic carbocycles. The van der Waals surface area contributed by atoms with Crippen LogP contribution in [0.2, 0.25) is 0 Å². The molecule has 3 aliphatic carbocycles. The second kappa shape index (κ2) is 5.76. The van der Waals surface area contributed by atoms with Gasteiger partial charge in [0, 0.05) is 11.8 Å². The first-order valence-electron chi connectivity index (χ1n) is 9.63. The monoisotopic (exact) mass is 318 g/mol. The van der Waals surface area contributed by atoms with Crippen LogP contribution in [0.5, 0.6) is 0 Å². The Bertz CT molecular complexity index is 675. The smallest absolute Gasteiger partial charge is 0.00923 e. The van der Waals surface area contributed by atoms with Gasteiger partial charge in [0.15, 0.2) is 0 Å². The normalized spacial score (nSPS) is 32.5. The van der Waals surface area contributed by atoms with Crippen molar-refractivity contribution in [3.05, 3.63) is 65.8 Å². The third-order valence-electron chi connectivity index (χ3n) is 6.97. The Morgan fingerprint density at radius 1 is 0.917 bits per heavy atom. The second-order valence-electron chi connectivity index (χ2n) is 9.13. The minimum Gasteiger partial charge on any atom is -0.0770 e. The van der Waals surface area contributed by atoms with Gasteiger partial charge < -0.3 is 0 Å². The Morgan fingerprint density at radius 3 is 2.25 bits per heavy atom. The van der Waals surface area contributed by atoms with Gasteiger partial charge in [0.1, 0.15) is 0 Å². The van der Waals surface area contributed by atoms with Crippen molar-refractivity contribution in [3.63, 3.8) is 0 Å². The fourth-order valence-corrected chi connectivity index (χ4v) is 5.44. The molecule has 1 atom stereocenters. The van der Waals surface area contributed by atoms with Crippen LogP contribution in [0, 0.1) is 22.7 Å². The summed E-state index contributed by atoms with van der Waals surface area (Å²) in [4.78, 5) is 0. The van der Waals surface area contributed by atoms with Crippen molar-refractivity contribution in [2.24, 2.45) is 22.7 Å². The lowest BCUT2D eigenvalue weighted by atomic mass is 9.54. The Hall–Kier alpha value is -1.56. The summed E-state index contributed by atoms with van der Waals surface area (Å²) >= 11 is 0. The summed E-state index contributed by atoms with van der Waals surface area (Å²) in [6.45, 7) is 7.26. The average Bonchev–Trinajstić information content (AvgIpc) is 3.24. The summed E-state index contributed by atoms with van der Waals surface area (Å²) in [5.74, 6) is 2.03. The molecule has 126 valence electrons. The van der Waals surface area contributed by atoms with E-state index in [1.54, 1.807) is 5.56 Å². The zero-order valence-electron chi connectivity index (χ0n) is 15.3. The predicted molar refractivity (Wildman–Crippen MR) is 104 cm³/mol. The van der Waals surface area contributed by atoms with E-state index in [2.05, 4.69) is 81.5 Å². The molecule has 4 rings (SSSR count). The summed E-state index contributed by atoms with van der Waals surface area (Å²) in [6.07, 6.45) is 19.7.